The summed E-state index contributed by atoms with van der Waals surface area (Å²) >= 11 is 0. The summed E-state index contributed by atoms with van der Waals surface area (Å²) < 4.78 is 20.8. The number of hydrogen-bond acceptors (Lipinski definition) is 8. The number of phenolic OH excluding ortho intramolecular Hbond substituents is 1. The van der Waals surface area contributed by atoms with Gasteiger partial charge in [-0.15, -0.1) is 0 Å². The van der Waals surface area contributed by atoms with Gasteiger partial charge < -0.3 is 29.4 Å². The van der Waals surface area contributed by atoms with Crippen molar-refractivity contribution in [3.63, 3.8) is 0 Å². The normalized spacial score (nSPS) is 16.4. The van der Waals surface area contributed by atoms with E-state index in [-0.39, 0.29) is 17.8 Å². The van der Waals surface area contributed by atoms with Gasteiger partial charge in [-0.2, -0.15) is 9.97 Å². The summed E-state index contributed by atoms with van der Waals surface area (Å²) in [5.74, 6) is -0.210. The molecule has 0 spiro atoms. The number of carbonyl (C=O) groups is 1. The molecule has 1 saturated heterocycles. The van der Waals surface area contributed by atoms with Crippen LogP contribution in [0.2, 0.25) is 0 Å². The van der Waals surface area contributed by atoms with E-state index in [0.717, 1.165) is 28.1 Å². The maximum Gasteiger partial charge on any atom is 0.318 e. The number of rotatable bonds is 7. The predicted octanol–water partition coefficient (Wildman–Crippen LogP) is 3.20. The lowest BCUT2D eigenvalue weighted by Crippen LogP contribution is -2.49. The minimum absolute atomic E-state index is 0.0636. The number of anilines is 2. The monoisotopic (exact) mass is 534 g/mol. The molecule has 0 bridgehead atoms. The van der Waals surface area contributed by atoms with Gasteiger partial charge in [-0.1, -0.05) is 30.8 Å². The van der Waals surface area contributed by atoms with E-state index in [0.29, 0.717) is 63.6 Å². The van der Waals surface area contributed by atoms with E-state index in [9.17, 15) is 14.3 Å². The average molecular weight is 535 g/mol. The number of ether oxygens (including phenoxy) is 1. The molecular weight excluding hydrogens is 499 g/mol. The number of fused-ring (bicyclic) bond motifs is 2. The van der Waals surface area contributed by atoms with Crippen molar-refractivity contribution in [3.05, 3.63) is 60.1 Å². The van der Waals surface area contributed by atoms with E-state index in [1.807, 2.05) is 38.1 Å². The van der Waals surface area contributed by atoms with Gasteiger partial charge in [-0.3, -0.25) is 4.79 Å². The zero-order valence-corrected chi connectivity index (χ0v) is 22.7. The summed E-state index contributed by atoms with van der Waals surface area (Å²) in [5.41, 5.74) is 2.66. The Morgan fingerprint density at radius 1 is 1.15 bits per heavy atom. The molecule has 1 fully saturated rings. The topological polar surface area (TPSA) is 85.3 Å². The summed E-state index contributed by atoms with van der Waals surface area (Å²) in [7, 11) is 3.98. The quantitative estimate of drug-likeness (QED) is 0.463. The summed E-state index contributed by atoms with van der Waals surface area (Å²) in [6, 6.07) is 9.00. The van der Waals surface area contributed by atoms with Crippen molar-refractivity contribution in [2.24, 2.45) is 0 Å². The van der Waals surface area contributed by atoms with Crippen LogP contribution < -0.4 is 14.5 Å². The maximum absolute atomic E-state index is 14.7. The second-order valence-corrected chi connectivity index (χ2v) is 10.4. The second kappa shape index (κ2) is 11.1. The van der Waals surface area contributed by atoms with Gasteiger partial charge in [-0.25, -0.2) is 4.39 Å². The van der Waals surface area contributed by atoms with Gasteiger partial charge in [0.1, 0.15) is 11.9 Å². The van der Waals surface area contributed by atoms with Crippen molar-refractivity contribution in [1.29, 1.82) is 0 Å². The van der Waals surface area contributed by atoms with Crippen molar-refractivity contribution in [3.8, 4) is 11.8 Å². The number of carbonyl (C=O) groups excluding carboxylic acids is 1. The molecule has 0 aliphatic carbocycles. The van der Waals surface area contributed by atoms with Crippen molar-refractivity contribution >= 4 is 28.2 Å². The van der Waals surface area contributed by atoms with Crippen molar-refractivity contribution in [2.75, 3.05) is 63.2 Å². The van der Waals surface area contributed by atoms with E-state index < -0.39 is 5.82 Å². The molecule has 5 rings (SSSR count). The molecule has 1 N–H and O–H groups in total. The van der Waals surface area contributed by atoms with Gasteiger partial charge in [0.25, 0.3) is 0 Å². The molecule has 3 aromatic rings. The number of aromatic nitrogens is 2. The lowest BCUT2D eigenvalue weighted by molar-refractivity contribution is -0.126. The highest BCUT2D eigenvalue weighted by Gasteiger charge is 2.29. The fraction of sp³-hybridized carbons (Fsp3) is 0.414. The third kappa shape index (κ3) is 5.47. The van der Waals surface area contributed by atoms with Gasteiger partial charge in [0.05, 0.1) is 12.2 Å². The molecule has 0 radical (unpaired) electrons. The molecule has 2 aromatic carbocycles. The second-order valence-electron chi connectivity index (χ2n) is 10.4. The van der Waals surface area contributed by atoms with Crippen LogP contribution in [0.4, 0.5) is 15.9 Å². The highest BCUT2D eigenvalue weighted by molar-refractivity contribution is 5.96. The number of aromatic hydroxyl groups is 1. The molecule has 1 amide bonds. The summed E-state index contributed by atoms with van der Waals surface area (Å²) in [6.07, 6.45) is 1.91. The van der Waals surface area contributed by atoms with Crippen LogP contribution in [0.5, 0.6) is 11.8 Å². The Kier molecular flexibility index (Phi) is 7.56. The Balaban J connectivity index is 1.49. The Morgan fingerprint density at radius 2 is 1.87 bits per heavy atom. The number of amides is 1. The molecule has 10 heteroatoms. The minimum atomic E-state index is -0.615. The fourth-order valence-corrected chi connectivity index (χ4v) is 5.48. The van der Waals surface area contributed by atoms with E-state index in [1.165, 1.54) is 12.1 Å². The van der Waals surface area contributed by atoms with Crippen LogP contribution in [0.1, 0.15) is 18.2 Å². The third-order valence-electron chi connectivity index (χ3n) is 7.30. The van der Waals surface area contributed by atoms with E-state index in [1.54, 1.807) is 17.0 Å². The Hall–Kier alpha value is -3.92. The summed E-state index contributed by atoms with van der Waals surface area (Å²) in [5, 5.41) is 11.5. The number of piperazine rings is 1. The Morgan fingerprint density at radius 3 is 2.56 bits per heavy atom. The molecule has 2 aliphatic rings. The minimum Gasteiger partial charge on any atom is -0.505 e. The molecule has 1 atom stereocenters. The molecule has 39 heavy (non-hydrogen) atoms. The van der Waals surface area contributed by atoms with Crippen molar-refractivity contribution < 1.29 is 19.0 Å². The zero-order valence-electron chi connectivity index (χ0n) is 22.7. The average Bonchev–Trinajstić information content (AvgIpc) is 2.93. The highest BCUT2D eigenvalue weighted by atomic mass is 19.1. The van der Waals surface area contributed by atoms with Crippen molar-refractivity contribution in [1.82, 2.24) is 19.8 Å². The van der Waals surface area contributed by atoms with Crippen LogP contribution >= 0.6 is 0 Å². The summed E-state index contributed by atoms with van der Waals surface area (Å²) in [6.45, 7) is 9.90. The molecular formula is C29H35FN6O3. The Labute approximate surface area is 228 Å². The van der Waals surface area contributed by atoms with Crippen LogP contribution in [0.3, 0.4) is 0 Å². The van der Waals surface area contributed by atoms with Gasteiger partial charge >= 0.3 is 6.01 Å². The number of benzene rings is 2. The van der Waals surface area contributed by atoms with Gasteiger partial charge in [-0.05, 0) is 33.5 Å². The van der Waals surface area contributed by atoms with Gasteiger partial charge in [0.2, 0.25) is 5.91 Å². The van der Waals surface area contributed by atoms with Crippen LogP contribution in [0, 0.1) is 5.82 Å². The highest BCUT2D eigenvalue weighted by Crippen LogP contribution is 2.38. The van der Waals surface area contributed by atoms with E-state index >= 15 is 0 Å². The first-order chi connectivity index (χ1) is 18.7. The van der Waals surface area contributed by atoms with Gasteiger partial charge in [0.15, 0.2) is 11.6 Å². The lowest BCUT2D eigenvalue weighted by atomic mass is 10.0. The number of likely N-dealkylation sites (N-methyl/N-ethyl adjacent to an activating group) is 1. The standard InChI is InChI=1S/C29H35FN6O3/c1-5-26(38)34-12-14-35(15-13-34)28-22-10-11-36(18-23(22)31-29(32-28)39-19(2)17-33(3)4)24-16-25(37)27(30)21-9-7-6-8-20(21)24/h5-9,16,19,37H,1,10-15,17-18H2,2-4H3/t19-/m1/s1. The van der Waals surface area contributed by atoms with Crippen LogP contribution in [0.25, 0.3) is 10.8 Å². The molecule has 9 nitrogen and oxygen atoms in total. The number of halogens is 1. The lowest BCUT2D eigenvalue weighted by Gasteiger charge is -2.38. The van der Waals surface area contributed by atoms with Crippen LogP contribution in [-0.2, 0) is 17.8 Å². The summed E-state index contributed by atoms with van der Waals surface area (Å²) in [4.78, 5) is 30.0. The SMILES string of the molecule is C=CC(=O)N1CCN(c2nc(O[C@H](C)CN(C)C)nc3c2CCN(c2cc(O)c(F)c4ccccc24)C3)CC1. The number of hydrogen-bond donors (Lipinski definition) is 1. The van der Waals surface area contributed by atoms with Gasteiger partial charge in [0, 0.05) is 67.4 Å². The molecule has 0 unspecified atom stereocenters. The van der Waals surface area contributed by atoms with E-state index in [2.05, 4.69) is 16.4 Å². The number of phenols is 1. The molecule has 3 heterocycles. The van der Waals surface area contributed by atoms with Crippen molar-refractivity contribution in [2.45, 2.75) is 26.0 Å². The smallest absolute Gasteiger partial charge is 0.318 e. The fourth-order valence-electron chi connectivity index (χ4n) is 5.48. The largest absolute Gasteiger partial charge is 0.505 e. The molecule has 1 aromatic heterocycles. The first kappa shape index (κ1) is 26.7. The third-order valence-corrected chi connectivity index (χ3v) is 7.30. The first-order valence-electron chi connectivity index (χ1n) is 13.3. The Bertz CT molecular complexity index is 1390. The van der Waals surface area contributed by atoms with Crippen LogP contribution in [0.15, 0.2) is 43.0 Å². The predicted molar refractivity (Wildman–Crippen MR) is 150 cm³/mol. The maximum atomic E-state index is 14.7. The zero-order chi connectivity index (χ0) is 27.7. The molecule has 206 valence electrons. The number of nitrogens with zero attached hydrogens (tertiary/aromatic N) is 6. The molecule has 2 aliphatic heterocycles. The van der Waals surface area contributed by atoms with E-state index in [4.69, 9.17) is 14.7 Å². The molecule has 0 saturated carbocycles. The first-order valence-corrected chi connectivity index (χ1v) is 13.3. The van der Waals surface area contributed by atoms with Crippen LogP contribution in [-0.4, -0.2) is 90.2 Å².